The number of rotatable bonds is 4. The van der Waals surface area contributed by atoms with Crippen LogP contribution in [0.4, 0.5) is 8.78 Å². The van der Waals surface area contributed by atoms with Crippen molar-refractivity contribution >= 4 is 0 Å². The Balaban J connectivity index is 2.18. The van der Waals surface area contributed by atoms with Crippen LogP contribution in [-0.2, 0) is 6.61 Å². The first-order valence-electron chi connectivity index (χ1n) is 5.99. The van der Waals surface area contributed by atoms with Crippen LogP contribution >= 0.6 is 0 Å². The van der Waals surface area contributed by atoms with Gasteiger partial charge in [0.25, 0.3) is 0 Å². The molecule has 2 rings (SSSR count). The second-order valence-corrected chi connectivity index (χ2v) is 4.35. The molecule has 4 heteroatoms. The standard InChI is InChI=1S/C15H15F2NO/c1-10(18)13-8-12(16)6-7-15(13)19-9-11-4-2-3-5-14(11)17/h2-8,10H,9,18H2,1H3. The second-order valence-electron chi connectivity index (χ2n) is 4.35. The van der Waals surface area contributed by atoms with Crippen molar-refractivity contribution in [2.45, 2.75) is 19.6 Å². The summed E-state index contributed by atoms with van der Waals surface area (Å²) in [6.07, 6.45) is 0. The van der Waals surface area contributed by atoms with Gasteiger partial charge in [0.05, 0.1) is 0 Å². The summed E-state index contributed by atoms with van der Waals surface area (Å²) < 4.78 is 32.1. The van der Waals surface area contributed by atoms with Crippen LogP contribution in [0.5, 0.6) is 5.75 Å². The summed E-state index contributed by atoms with van der Waals surface area (Å²) in [4.78, 5) is 0. The molecular weight excluding hydrogens is 248 g/mol. The summed E-state index contributed by atoms with van der Waals surface area (Å²) in [6.45, 7) is 1.82. The Morgan fingerprint density at radius 1 is 1.16 bits per heavy atom. The van der Waals surface area contributed by atoms with E-state index in [9.17, 15) is 8.78 Å². The van der Waals surface area contributed by atoms with Crippen molar-refractivity contribution in [1.29, 1.82) is 0 Å². The number of benzene rings is 2. The van der Waals surface area contributed by atoms with Crippen molar-refractivity contribution in [1.82, 2.24) is 0 Å². The first kappa shape index (κ1) is 13.5. The van der Waals surface area contributed by atoms with E-state index in [1.807, 2.05) is 0 Å². The van der Waals surface area contributed by atoms with Crippen LogP contribution in [0.1, 0.15) is 24.1 Å². The molecule has 0 radical (unpaired) electrons. The van der Waals surface area contributed by atoms with E-state index in [2.05, 4.69) is 0 Å². The largest absolute Gasteiger partial charge is 0.488 e. The minimum absolute atomic E-state index is 0.0814. The van der Waals surface area contributed by atoms with Gasteiger partial charge in [-0.25, -0.2) is 8.78 Å². The Labute approximate surface area is 110 Å². The van der Waals surface area contributed by atoms with E-state index >= 15 is 0 Å². The Bertz CT molecular complexity index is 570. The van der Waals surface area contributed by atoms with Crippen LogP contribution in [0.15, 0.2) is 42.5 Å². The third kappa shape index (κ3) is 3.29. The summed E-state index contributed by atoms with van der Waals surface area (Å²) in [6, 6.07) is 10.1. The summed E-state index contributed by atoms with van der Waals surface area (Å²) >= 11 is 0. The van der Waals surface area contributed by atoms with Crippen LogP contribution in [0.25, 0.3) is 0 Å². The maximum absolute atomic E-state index is 13.5. The number of hydrogen-bond acceptors (Lipinski definition) is 2. The molecule has 0 aromatic heterocycles. The molecule has 0 amide bonds. The number of halogens is 2. The van der Waals surface area contributed by atoms with E-state index in [1.165, 1.54) is 24.3 Å². The highest BCUT2D eigenvalue weighted by Crippen LogP contribution is 2.25. The lowest BCUT2D eigenvalue weighted by atomic mass is 10.1. The second kappa shape index (κ2) is 5.80. The van der Waals surface area contributed by atoms with Crippen molar-refractivity contribution in [3.63, 3.8) is 0 Å². The van der Waals surface area contributed by atoms with Crippen molar-refractivity contribution in [2.75, 3.05) is 0 Å². The molecule has 0 heterocycles. The van der Waals surface area contributed by atoms with Gasteiger partial charge < -0.3 is 10.5 Å². The first-order valence-corrected chi connectivity index (χ1v) is 5.99. The lowest BCUT2D eigenvalue weighted by Crippen LogP contribution is -2.09. The molecule has 0 saturated heterocycles. The van der Waals surface area contributed by atoms with Crippen molar-refractivity contribution < 1.29 is 13.5 Å². The molecule has 0 saturated carbocycles. The Hall–Kier alpha value is -1.94. The van der Waals surface area contributed by atoms with E-state index in [-0.39, 0.29) is 24.3 Å². The van der Waals surface area contributed by atoms with Crippen LogP contribution in [0, 0.1) is 11.6 Å². The van der Waals surface area contributed by atoms with Gasteiger partial charge in [0.2, 0.25) is 0 Å². The molecule has 2 aromatic carbocycles. The maximum Gasteiger partial charge on any atom is 0.129 e. The molecule has 19 heavy (non-hydrogen) atoms. The molecule has 2 N–H and O–H groups in total. The molecule has 2 nitrogen and oxygen atoms in total. The zero-order chi connectivity index (χ0) is 13.8. The van der Waals surface area contributed by atoms with Gasteiger partial charge in [0.1, 0.15) is 24.0 Å². The average Bonchev–Trinajstić information content (AvgIpc) is 2.38. The lowest BCUT2D eigenvalue weighted by Gasteiger charge is -2.14. The lowest BCUT2D eigenvalue weighted by molar-refractivity contribution is 0.295. The molecule has 0 bridgehead atoms. The van der Waals surface area contributed by atoms with Crippen LogP contribution in [0.2, 0.25) is 0 Å². The molecule has 1 unspecified atom stereocenters. The van der Waals surface area contributed by atoms with Crippen molar-refractivity contribution in [2.24, 2.45) is 5.73 Å². The highest BCUT2D eigenvalue weighted by Gasteiger charge is 2.10. The summed E-state index contributed by atoms with van der Waals surface area (Å²) in [5.41, 5.74) is 6.77. The van der Waals surface area contributed by atoms with E-state index in [4.69, 9.17) is 10.5 Å². The smallest absolute Gasteiger partial charge is 0.129 e. The van der Waals surface area contributed by atoms with E-state index in [1.54, 1.807) is 25.1 Å². The van der Waals surface area contributed by atoms with E-state index in [0.717, 1.165) is 0 Å². The van der Waals surface area contributed by atoms with Gasteiger partial charge in [-0.1, -0.05) is 18.2 Å². The Morgan fingerprint density at radius 3 is 2.58 bits per heavy atom. The third-order valence-electron chi connectivity index (χ3n) is 2.80. The summed E-state index contributed by atoms with van der Waals surface area (Å²) in [7, 11) is 0. The molecule has 2 aromatic rings. The fourth-order valence-electron chi connectivity index (χ4n) is 1.78. The van der Waals surface area contributed by atoms with Gasteiger partial charge >= 0.3 is 0 Å². The third-order valence-corrected chi connectivity index (χ3v) is 2.80. The SMILES string of the molecule is CC(N)c1cc(F)ccc1OCc1ccccc1F. The number of hydrogen-bond donors (Lipinski definition) is 1. The number of ether oxygens (including phenoxy) is 1. The predicted molar refractivity (Wildman–Crippen MR) is 69.7 cm³/mol. The highest BCUT2D eigenvalue weighted by molar-refractivity contribution is 5.36. The molecule has 0 aliphatic rings. The zero-order valence-electron chi connectivity index (χ0n) is 10.6. The predicted octanol–water partition coefficient (Wildman–Crippen LogP) is 3.56. The van der Waals surface area contributed by atoms with Gasteiger partial charge in [-0.05, 0) is 31.2 Å². The fourth-order valence-corrected chi connectivity index (χ4v) is 1.78. The minimum atomic E-state index is -0.370. The van der Waals surface area contributed by atoms with Crippen LogP contribution in [0.3, 0.4) is 0 Å². The molecular formula is C15H15F2NO. The van der Waals surface area contributed by atoms with Gasteiger partial charge in [-0.3, -0.25) is 0 Å². The zero-order valence-corrected chi connectivity index (χ0v) is 10.6. The van der Waals surface area contributed by atoms with Gasteiger partial charge in [-0.15, -0.1) is 0 Å². The molecule has 0 fully saturated rings. The topological polar surface area (TPSA) is 35.2 Å². The van der Waals surface area contributed by atoms with Crippen molar-refractivity contribution in [3.8, 4) is 5.75 Å². The quantitative estimate of drug-likeness (QED) is 0.915. The van der Waals surface area contributed by atoms with Gasteiger partial charge in [0.15, 0.2) is 0 Å². The summed E-state index contributed by atoms with van der Waals surface area (Å²) in [5, 5.41) is 0. The molecule has 0 aliphatic heterocycles. The monoisotopic (exact) mass is 263 g/mol. The fraction of sp³-hybridized carbons (Fsp3) is 0.200. The Kier molecular flexibility index (Phi) is 4.12. The highest BCUT2D eigenvalue weighted by atomic mass is 19.1. The van der Waals surface area contributed by atoms with Gasteiger partial charge in [-0.2, -0.15) is 0 Å². The average molecular weight is 263 g/mol. The van der Waals surface area contributed by atoms with Gasteiger partial charge in [0, 0.05) is 17.2 Å². The van der Waals surface area contributed by atoms with Crippen LogP contribution in [-0.4, -0.2) is 0 Å². The number of nitrogens with two attached hydrogens (primary N) is 1. The molecule has 100 valence electrons. The van der Waals surface area contributed by atoms with E-state index < -0.39 is 0 Å². The Morgan fingerprint density at radius 2 is 1.89 bits per heavy atom. The first-order chi connectivity index (χ1) is 9.08. The normalized spacial score (nSPS) is 12.2. The molecule has 1 atom stereocenters. The van der Waals surface area contributed by atoms with E-state index in [0.29, 0.717) is 16.9 Å². The molecule has 0 spiro atoms. The maximum atomic E-state index is 13.5. The van der Waals surface area contributed by atoms with Crippen LogP contribution < -0.4 is 10.5 Å². The molecule has 0 aliphatic carbocycles. The minimum Gasteiger partial charge on any atom is -0.488 e. The van der Waals surface area contributed by atoms with Crippen molar-refractivity contribution in [3.05, 3.63) is 65.2 Å². The summed E-state index contributed by atoms with van der Waals surface area (Å²) in [5.74, 6) is -0.225.